The van der Waals surface area contributed by atoms with Crippen molar-refractivity contribution in [2.75, 3.05) is 7.11 Å². The van der Waals surface area contributed by atoms with Crippen molar-refractivity contribution >= 4 is 5.78 Å². The molecule has 16 heavy (non-hydrogen) atoms. The van der Waals surface area contributed by atoms with Gasteiger partial charge in [-0.1, -0.05) is 12.1 Å². The van der Waals surface area contributed by atoms with Crippen LogP contribution in [0.25, 0.3) is 0 Å². The Balaban J connectivity index is 2.38. The number of hydrogen-bond donors (Lipinski definition) is 0. The summed E-state index contributed by atoms with van der Waals surface area (Å²) in [5.41, 5.74) is 1.16. The molecule has 2 aromatic rings. The summed E-state index contributed by atoms with van der Waals surface area (Å²) in [7, 11) is 3.32. The second-order valence-electron chi connectivity index (χ2n) is 3.40. The highest BCUT2D eigenvalue weighted by molar-refractivity contribution is 6.08. The zero-order valence-electron chi connectivity index (χ0n) is 9.18. The van der Waals surface area contributed by atoms with E-state index >= 15 is 0 Å². The monoisotopic (exact) mass is 216 g/mol. The first kappa shape index (κ1) is 10.4. The van der Waals surface area contributed by atoms with Gasteiger partial charge in [0, 0.05) is 18.8 Å². The lowest BCUT2D eigenvalue weighted by Gasteiger charge is -2.03. The SMILES string of the molecule is COc1cccc(C(=O)c2ccnn2C)c1. The standard InChI is InChI=1S/C12H12N2O2/c1-14-11(6-7-13-14)12(15)9-4-3-5-10(8-9)16-2/h3-8H,1-2H3. The van der Waals surface area contributed by atoms with Crippen LogP contribution in [0.1, 0.15) is 16.1 Å². The average molecular weight is 216 g/mol. The Hall–Kier alpha value is -2.10. The molecule has 0 amide bonds. The third kappa shape index (κ3) is 1.82. The Morgan fingerprint density at radius 3 is 2.81 bits per heavy atom. The lowest BCUT2D eigenvalue weighted by molar-refractivity contribution is 0.103. The van der Waals surface area contributed by atoms with Gasteiger partial charge in [0.15, 0.2) is 0 Å². The molecule has 4 heteroatoms. The fourth-order valence-corrected chi connectivity index (χ4v) is 1.51. The summed E-state index contributed by atoms with van der Waals surface area (Å²) in [5.74, 6) is 0.618. The van der Waals surface area contributed by atoms with Crippen LogP contribution in [0.3, 0.4) is 0 Å². The van der Waals surface area contributed by atoms with Crippen LogP contribution in [0.5, 0.6) is 5.75 Å². The Labute approximate surface area is 93.5 Å². The first-order valence-corrected chi connectivity index (χ1v) is 4.89. The van der Waals surface area contributed by atoms with Crippen molar-refractivity contribution in [3.63, 3.8) is 0 Å². The highest BCUT2D eigenvalue weighted by atomic mass is 16.5. The fourth-order valence-electron chi connectivity index (χ4n) is 1.51. The molecular weight excluding hydrogens is 204 g/mol. The highest BCUT2D eigenvalue weighted by Gasteiger charge is 2.12. The molecule has 0 aliphatic rings. The maximum absolute atomic E-state index is 12.1. The maximum Gasteiger partial charge on any atom is 0.211 e. The molecule has 0 N–H and O–H groups in total. The first-order valence-electron chi connectivity index (χ1n) is 4.89. The van der Waals surface area contributed by atoms with Crippen molar-refractivity contribution in [3.05, 3.63) is 47.8 Å². The second kappa shape index (κ2) is 4.18. The van der Waals surface area contributed by atoms with Gasteiger partial charge in [0.1, 0.15) is 11.4 Å². The number of hydrogen-bond acceptors (Lipinski definition) is 3. The van der Waals surface area contributed by atoms with Crippen LogP contribution in [0.4, 0.5) is 0 Å². The van der Waals surface area contributed by atoms with Gasteiger partial charge >= 0.3 is 0 Å². The summed E-state index contributed by atoms with van der Waals surface area (Å²) in [4.78, 5) is 12.1. The van der Waals surface area contributed by atoms with Crippen LogP contribution >= 0.6 is 0 Å². The van der Waals surface area contributed by atoms with Gasteiger partial charge in [-0.2, -0.15) is 5.10 Å². The number of ether oxygens (including phenoxy) is 1. The number of aryl methyl sites for hydroxylation is 1. The molecule has 1 aromatic carbocycles. The van der Waals surface area contributed by atoms with E-state index in [4.69, 9.17) is 4.74 Å². The van der Waals surface area contributed by atoms with Crippen LogP contribution in [0.15, 0.2) is 36.5 Å². The molecular formula is C12H12N2O2. The summed E-state index contributed by atoms with van der Waals surface area (Å²) in [6.07, 6.45) is 1.60. The smallest absolute Gasteiger partial charge is 0.211 e. The van der Waals surface area contributed by atoms with E-state index in [0.29, 0.717) is 17.0 Å². The van der Waals surface area contributed by atoms with Crippen molar-refractivity contribution in [3.8, 4) is 5.75 Å². The summed E-state index contributed by atoms with van der Waals surface area (Å²) in [6, 6.07) is 8.78. The molecule has 0 radical (unpaired) electrons. The van der Waals surface area contributed by atoms with Gasteiger partial charge in [0.05, 0.1) is 7.11 Å². The van der Waals surface area contributed by atoms with Gasteiger partial charge in [-0.15, -0.1) is 0 Å². The first-order chi connectivity index (χ1) is 7.72. The van der Waals surface area contributed by atoms with Crippen LogP contribution in [0.2, 0.25) is 0 Å². The molecule has 0 aliphatic heterocycles. The molecule has 0 bridgehead atoms. The minimum Gasteiger partial charge on any atom is -0.497 e. The van der Waals surface area contributed by atoms with Crippen LogP contribution in [0, 0.1) is 0 Å². The van der Waals surface area contributed by atoms with E-state index in [0.717, 1.165) is 0 Å². The van der Waals surface area contributed by atoms with Crippen LogP contribution in [-0.4, -0.2) is 22.7 Å². The summed E-state index contributed by atoms with van der Waals surface area (Å²) in [6.45, 7) is 0. The average Bonchev–Trinajstić information content (AvgIpc) is 2.74. The van der Waals surface area contributed by atoms with E-state index in [1.165, 1.54) is 0 Å². The summed E-state index contributed by atoms with van der Waals surface area (Å²) in [5, 5.41) is 3.97. The number of carbonyl (C=O) groups excluding carboxylic acids is 1. The van der Waals surface area contributed by atoms with E-state index in [9.17, 15) is 4.79 Å². The Morgan fingerprint density at radius 1 is 1.38 bits per heavy atom. The molecule has 82 valence electrons. The molecule has 1 heterocycles. The number of methoxy groups -OCH3 is 1. The zero-order valence-corrected chi connectivity index (χ0v) is 9.18. The quantitative estimate of drug-likeness (QED) is 0.733. The molecule has 0 fully saturated rings. The minimum absolute atomic E-state index is 0.0566. The number of carbonyl (C=O) groups is 1. The van der Waals surface area contributed by atoms with Crippen molar-refractivity contribution in [1.29, 1.82) is 0 Å². The predicted molar refractivity (Wildman–Crippen MR) is 59.6 cm³/mol. The summed E-state index contributed by atoms with van der Waals surface area (Å²) < 4.78 is 6.64. The number of rotatable bonds is 3. The number of benzene rings is 1. The van der Waals surface area contributed by atoms with E-state index in [-0.39, 0.29) is 5.78 Å². The number of nitrogens with zero attached hydrogens (tertiary/aromatic N) is 2. The Kier molecular flexibility index (Phi) is 2.72. The van der Waals surface area contributed by atoms with Gasteiger partial charge in [-0.3, -0.25) is 9.48 Å². The molecule has 0 saturated heterocycles. The van der Waals surface area contributed by atoms with E-state index < -0.39 is 0 Å². The molecule has 0 aliphatic carbocycles. The largest absolute Gasteiger partial charge is 0.497 e. The lowest BCUT2D eigenvalue weighted by atomic mass is 10.1. The molecule has 2 rings (SSSR count). The van der Waals surface area contributed by atoms with Crippen molar-refractivity contribution in [2.24, 2.45) is 7.05 Å². The molecule has 4 nitrogen and oxygen atoms in total. The molecule has 0 atom stereocenters. The van der Waals surface area contributed by atoms with Gasteiger partial charge < -0.3 is 4.74 Å². The fraction of sp³-hybridized carbons (Fsp3) is 0.167. The van der Waals surface area contributed by atoms with Gasteiger partial charge in [0.25, 0.3) is 0 Å². The number of ketones is 1. The highest BCUT2D eigenvalue weighted by Crippen LogP contribution is 2.15. The van der Waals surface area contributed by atoms with E-state index in [1.807, 2.05) is 0 Å². The zero-order chi connectivity index (χ0) is 11.5. The maximum atomic E-state index is 12.1. The lowest BCUT2D eigenvalue weighted by Crippen LogP contribution is -2.08. The normalized spacial score (nSPS) is 10.1. The van der Waals surface area contributed by atoms with Gasteiger partial charge in [-0.05, 0) is 18.2 Å². The predicted octanol–water partition coefficient (Wildman–Crippen LogP) is 1.66. The Morgan fingerprint density at radius 2 is 2.19 bits per heavy atom. The number of aromatic nitrogens is 2. The third-order valence-electron chi connectivity index (χ3n) is 2.39. The second-order valence-corrected chi connectivity index (χ2v) is 3.40. The molecule has 1 aromatic heterocycles. The third-order valence-corrected chi connectivity index (χ3v) is 2.39. The van der Waals surface area contributed by atoms with Gasteiger partial charge in [-0.25, -0.2) is 0 Å². The summed E-state index contributed by atoms with van der Waals surface area (Å²) >= 11 is 0. The van der Waals surface area contributed by atoms with E-state index in [1.54, 1.807) is 55.4 Å². The molecule has 0 unspecified atom stereocenters. The van der Waals surface area contributed by atoms with Crippen molar-refractivity contribution in [1.82, 2.24) is 9.78 Å². The van der Waals surface area contributed by atoms with E-state index in [2.05, 4.69) is 5.10 Å². The Bertz CT molecular complexity index is 517. The molecule has 0 spiro atoms. The van der Waals surface area contributed by atoms with Crippen molar-refractivity contribution < 1.29 is 9.53 Å². The minimum atomic E-state index is -0.0566. The molecule has 0 saturated carbocycles. The van der Waals surface area contributed by atoms with Crippen molar-refractivity contribution in [2.45, 2.75) is 0 Å². The van der Waals surface area contributed by atoms with Crippen LogP contribution in [-0.2, 0) is 7.05 Å². The topological polar surface area (TPSA) is 44.1 Å². The van der Waals surface area contributed by atoms with Gasteiger partial charge in [0.2, 0.25) is 5.78 Å². The van der Waals surface area contributed by atoms with Crippen LogP contribution < -0.4 is 4.74 Å².